The maximum atomic E-state index is 12.3. The topological polar surface area (TPSA) is 58.2 Å². The first-order chi connectivity index (χ1) is 15.7. The zero-order valence-corrected chi connectivity index (χ0v) is 18.6. The van der Waals surface area contributed by atoms with Crippen molar-refractivity contribution >= 4 is 11.8 Å². The van der Waals surface area contributed by atoms with Crippen LogP contribution in [0.25, 0.3) is 0 Å². The summed E-state index contributed by atoms with van der Waals surface area (Å²) in [6, 6.07) is 27.6. The molecule has 4 heteroatoms. The summed E-state index contributed by atoms with van der Waals surface area (Å²) >= 11 is 0. The highest BCUT2D eigenvalue weighted by Crippen LogP contribution is 2.07. The lowest BCUT2D eigenvalue weighted by molar-refractivity contribution is 0.0941. The molecule has 0 saturated carbocycles. The van der Waals surface area contributed by atoms with Gasteiger partial charge in [0, 0.05) is 24.2 Å². The van der Waals surface area contributed by atoms with Gasteiger partial charge >= 0.3 is 0 Å². The highest BCUT2D eigenvalue weighted by atomic mass is 16.2. The summed E-state index contributed by atoms with van der Waals surface area (Å²) < 4.78 is 0. The van der Waals surface area contributed by atoms with Gasteiger partial charge in [-0.1, -0.05) is 60.7 Å². The summed E-state index contributed by atoms with van der Waals surface area (Å²) in [7, 11) is 0. The summed E-state index contributed by atoms with van der Waals surface area (Å²) in [5, 5.41) is 5.91. The van der Waals surface area contributed by atoms with Gasteiger partial charge in [0.1, 0.15) is 0 Å². The number of hydrogen-bond donors (Lipinski definition) is 2. The van der Waals surface area contributed by atoms with Crippen LogP contribution in [0.1, 0.15) is 57.5 Å². The first-order valence-electron chi connectivity index (χ1n) is 11.5. The van der Waals surface area contributed by atoms with Gasteiger partial charge in [-0.15, -0.1) is 0 Å². The molecule has 32 heavy (non-hydrogen) atoms. The monoisotopic (exact) mass is 428 g/mol. The Morgan fingerprint density at radius 2 is 0.875 bits per heavy atom. The first kappa shape index (κ1) is 23.3. The van der Waals surface area contributed by atoms with Gasteiger partial charge in [0.2, 0.25) is 0 Å². The fourth-order valence-corrected chi connectivity index (χ4v) is 3.58. The quantitative estimate of drug-likeness (QED) is 0.390. The molecule has 3 aromatic rings. The van der Waals surface area contributed by atoms with Crippen molar-refractivity contribution in [2.45, 2.75) is 38.5 Å². The summed E-state index contributed by atoms with van der Waals surface area (Å²) in [5.41, 5.74) is 3.80. The van der Waals surface area contributed by atoms with Crippen LogP contribution >= 0.6 is 0 Å². The van der Waals surface area contributed by atoms with E-state index in [2.05, 4.69) is 34.9 Å². The molecule has 0 unspecified atom stereocenters. The van der Waals surface area contributed by atoms with Gasteiger partial charge in [0.25, 0.3) is 11.8 Å². The lowest BCUT2D eigenvalue weighted by Gasteiger charge is -2.08. The smallest absolute Gasteiger partial charge is 0.251 e. The zero-order valence-electron chi connectivity index (χ0n) is 18.6. The molecule has 2 amide bonds. The van der Waals surface area contributed by atoms with Crippen molar-refractivity contribution in [2.24, 2.45) is 0 Å². The molecule has 0 atom stereocenters. The van der Waals surface area contributed by atoms with E-state index in [4.69, 9.17) is 0 Å². The zero-order chi connectivity index (χ0) is 22.4. The van der Waals surface area contributed by atoms with E-state index in [1.165, 1.54) is 11.1 Å². The van der Waals surface area contributed by atoms with Gasteiger partial charge in [-0.3, -0.25) is 9.59 Å². The highest BCUT2D eigenvalue weighted by Gasteiger charge is 2.08. The third-order valence-corrected chi connectivity index (χ3v) is 5.45. The first-order valence-corrected chi connectivity index (χ1v) is 11.5. The van der Waals surface area contributed by atoms with E-state index in [0.717, 1.165) is 38.5 Å². The molecule has 0 bridgehead atoms. The lowest BCUT2D eigenvalue weighted by atomic mass is 10.1. The van der Waals surface area contributed by atoms with Crippen LogP contribution < -0.4 is 10.6 Å². The second kappa shape index (κ2) is 13.1. The Morgan fingerprint density at radius 3 is 1.25 bits per heavy atom. The fourth-order valence-electron chi connectivity index (χ4n) is 3.58. The number of benzene rings is 3. The molecule has 0 aliphatic heterocycles. The van der Waals surface area contributed by atoms with Crippen molar-refractivity contribution in [2.75, 3.05) is 13.1 Å². The molecule has 0 fully saturated rings. The van der Waals surface area contributed by atoms with Gasteiger partial charge in [0.15, 0.2) is 0 Å². The standard InChI is InChI=1S/C28H32N2O2/c31-27(29-21-9-7-15-23-11-3-1-4-12-23)25-17-19-26(20-18-25)28(32)30-22-10-8-16-24-13-5-2-6-14-24/h1-6,11-14,17-20H,7-10,15-16,21-22H2,(H,29,31)(H,30,32). The Kier molecular flexibility index (Phi) is 9.53. The SMILES string of the molecule is O=C(NCCCCc1ccccc1)c1ccc(C(=O)NCCCCc2ccccc2)cc1. The van der Waals surface area contributed by atoms with Crippen LogP contribution in [0.5, 0.6) is 0 Å². The molecule has 166 valence electrons. The molecule has 0 aliphatic rings. The van der Waals surface area contributed by atoms with E-state index < -0.39 is 0 Å². The van der Waals surface area contributed by atoms with Crippen molar-refractivity contribution in [3.05, 3.63) is 107 Å². The predicted octanol–water partition coefficient (Wildman–Crippen LogP) is 5.19. The van der Waals surface area contributed by atoms with Crippen LogP contribution in [0, 0.1) is 0 Å². The van der Waals surface area contributed by atoms with Crippen molar-refractivity contribution in [1.82, 2.24) is 10.6 Å². The van der Waals surface area contributed by atoms with E-state index >= 15 is 0 Å². The Hall–Kier alpha value is -3.40. The van der Waals surface area contributed by atoms with Gasteiger partial charge < -0.3 is 10.6 Å². The molecule has 0 heterocycles. The maximum absolute atomic E-state index is 12.3. The Morgan fingerprint density at radius 1 is 0.500 bits per heavy atom. The van der Waals surface area contributed by atoms with Crippen LogP contribution in [-0.4, -0.2) is 24.9 Å². The van der Waals surface area contributed by atoms with Crippen LogP contribution in [-0.2, 0) is 12.8 Å². The van der Waals surface area contributed by atoms with Crippen LogP contribution in [0.15, 0.2) is 84.9 Å². The number of carbonyl (C=O) groups is 2. The minimum Gasteiger partial charge on any atom is -0.352 e. The van der Waals surface area contributed by atoms with Gasteiger partial charge in [0.05, 0.1) is 0 Å². The molecule has 4 nitrogen and oxygen atoms in total. The van der Waals surface area contributed by atoms with Crippen LogP contribution in [0.4, 0.5) is 0 Å². The van der Waals surface area contributed by atoms with E-state index in [-0.39, 0.29) is 11.8 Å². The van der Waals surface area contributed by atoms with Crippen LogP contribution in [0.3, 0.4) is 0 Å². The van der Waals surface area contributed by atoms with Gasteiger partial charge in [-0.25, -0.2) is 0 Å². The highest BCUT2D eigenvalue weighted by molar-refractivity contribution is 5.97. The number of amides is 2. The van der Waals surface area contributed by atoms with Crippen molar-refractivity contribution < 1.29 is 9.59 Å². The Bertz CT molecular complexity index is 873. The van der Waals surface area contributed by atoms with E-state index in [0.29, 0.717) is 24.2 Å². The number of nitrogens with one attached hydrogen (secondary N) is 2. The van der Waals surface area contributed by atoms with Crippen molar-refractivity contribution in [1.29, 1.82) is 0 Å². The predicted molar refractivity (Wildman–Crippen MR) is 130 cm³/mol. The molecule has 2 N–H and O–H groups in total. The third-order valence-electron chi connectivity index (χ3n) is 5.45. The Balaban J connectivity index is 1.30. The second-order valence-electron chi connectivity index (χ2n) is 7.97. The van der Waals surface area contributed by atoms with E-state index in [1.807, 2.05) is 36.4 Å². The molecule has 0 radical (unpaired) electrons. The van der Waals surface area contributed by atoms with Crippen molar-refractivity contribution in [3.8, 4) is 0 Å². The minimum absolute atomic E-state index is 0.0995. The summed E-state index contributed by atoms with van der Waals surface area (Å²) in [6.07, 6.45) is 5.99. The lowest BCUT2D eigenvalue weighted by Crippen LogP contribution is -2.26. The van der Waals surface area contributed by atoms with E-state index in [1.54, 1.807) is 24.3 Å². The van der Waals surface area contributed by atoms with Crippen molar-refractivity contribution in [3.63, 3.8) is 0 Å². The summed E-state index contributed by atoms with van der Waals surface area (Å²) in [5.74, 6) is -0.199. The number of carbonyl (C=O) groups excluding carboxylic acids is 2. The maximum Gasteiger partial charge on any atom is 0.251 e. The minimum atomic E-state index is -0.0995. The molecule has 0 aliphatic carbocycles. The van der Waals surface area contributed by atoms with Gasteiger partial charge in [-0.05, 0) is 73.9 Å². The molecular weight excluding hydrogens is 396 g/mol. The van der Waals surface area contributed by atoms with Crippen LogP contribution in [0.2, 0.25) is 0 Å². The Labute approximate surface area is 191 Å². The summed E-state index contributed by atoms with van der Waals surface area (Å²) in [4.78, 5) is 24.6. The molecule has 0 aromatic heterocycles. The molecular formula is C28H32N2O2. The number of rotatable bonds is 12. The molecule has 3 rings (SSSR count). The molecule has 3 aromatic carbocycles. The normalized spacial score (nSPS) is 10.5. The largest absolute Gasteiger partial charge is 0.352 e. The second-order valence-corrected chi connectivity index (χ2v) is 7.97. The molecule has 0 saturated heterocycles. The molecule has 0 spiro atoms. The third kappa shape index (κ3) is 8.03. The number of hydrogen-bond acceptors (Lipinski definition) is 2. The average molecular weight is 429 g/mol. The summed E-state index contributed by atoms with van der Waals surface area (Å²) in [6.45, 7) is 1.30. The number of unbranched alkanes of at least 4 members (excludes halogenated alkanes) is 2. The van der Waals surface area contributed by atoms with E-state index in [9.17, 15) is 9.59 Å². The average Bonchev–Trinajstić information content (AvgIpc) is 2.85. The van der Waals surface area contributed by atoms with Gasteiger partial charge in [-0.2, -0.15) is 0 Å². The number of aryl methyl sites for hydroxylation is 2. The fraction of sp³-hybridized carbons (Fsp3) is 0.286.